The standard InChI is InChI=1S/C20H25N3O2S/c1-3-5-17-13(4-2)12-18(26-17)19(24)21-14-6-8-15(9-7-14)22-20(25)23-16-10-11-16/h6-9,12,16H,3-5,10-11H2,1-2H3,(H,21,24)(H2,22,23,25). The topological polar surface area (TPSA) is 70.2 Å². The van der Waals surface area contributed by atoms with Gasteiger partial charge in [0.2, 0.25) is 0 Å². The summed E-state index contributed by atoms with van der Waals surface area (Å²) in [5.41, 5.74) is 2.69. The molecule has 0 radical (unpaired) electrons. The van der Waals surface area contributed by atoms with E-state index >= 15 is 0 Å². The highest BCUT2D eigenvalue weighted by Crippen LogP contribution is 2.26. The van der Waals surface area contributed by atoms with Gasteiger partial charge in [0.05, 0.1) is 4.88 Å². The van der Waals surface area contributed by atoms with E-state index in [2.05, 4.69) is 29.8 Å². The Morgan fingerprint density at radius 1 is 1.08 bits per heavy atom. The molecule has 1 aliphatic carbocycles. The van der Waals surface area contributed by atoms with Gasteiger partial charge in [-0.1, -0.05) is 20.3 Å². The molecule has 1 saturated carbocycles. The molecular weight excluding hydrogens is 346 g/mol. The average molecular weight is 372 g/mol. The van der Waals surface area contributed by atoms with Crippen LogP contribution in [0.15, 0.2) is 30.3 Å². The molecule has 6 heteroatoms. The highest BCUT2D eigenvalue weighted by Gasteiger charge is 2.23. The molecule has 1 aliphatic rings. The monoisotopic (exact) mass is 371 g/mol. The Labute approximate surface area is 158 Å². The number of anilines is 2. The number of hydrogen-bond acceptors (Lipinski definition) is 3. The SMILES string of the molecule is CCCc1sc(C(=O)Nc2ccc(NC(=O)NC3CC3)cc2)cc1CC. The van der Waals surface area contributed by atoms with E-state index < -0.39 is 0 Å². The Balaban J connectivity index is 1.59. The van der Waals surface area contributed by atoms with Crippen LogP contribution in [-0.2, 0) is 12.8 Å². The van der Waals surface area contributed by atoms with Crippen molar-refractivity contribution in [3.63, 3.8) is 0 Å². The maximum atomic E-state index is 12.5. The zero-order valence-corrected chi connectivity index (χ0v) is 16.0. The third-order valence-electron chi connectivity index (χ3n) is 4.29. The summed E-state index contributed by atoms with van der Waals surface area (Å²) in [5.74, 6) is -0.0840. The molecule has 138 valence electrons. The lowest BCUT2D eigenvalue weighted by molar-refractivity contribution is 0.103. The van der Waals surface area contributed by atoms with Gasteiger partial charge < -0.3 is 16.0 Å². The van der Waals surface area contributed by atoms with Crippen molar-refractivity contribution in [3.05, 3.63) is 45.6 Å². The Morgan fingerprint density at radius 2 is 1.73 bits per heavy atom. The molecule has 1 aromatic carbocycles. The molecule has 0 saturated heterocycles. The average Bonchev–Trinajstić information content (AvgIpc) is 3.33. The van der Waals surface area contributed by atoms with Crippen molar-refractivity contribution in [3.8, 4) is 0 Å². The summed E-state index contributed by atoms with van der Waals surface area (Å²) in [6.45, 7) is 4.27. The number of aryl methyl sites for hydroxylation is 2. The van der Waals surface area contributed by atoms with Crippen LogP contribution in [0.1, 0.15) is 53.2 Å². The van der Waals surface area contributed by atoms with Crippen LogP contribution in [0.5, 0.6) is 0 Å². The predicted octanol–water partition coefficient (Wildman–Crippen LogP) is 4.80. The van der Waals surface area contributed by atoms with Crippen molar-refractivity contribution >= 4 is 34.6 Å². The van der Waals surface area contributed by atoms with Crippen molar-refractivity contribution in [2.75, 3.05) is 10.6 Å². The van der Waals surface area contributed by atoms with Gasteiger partial charge in [0.1, 0.15) is 0 Å². The zero-order chi connectivity index (χ0) is 18.5. The molecule has 2 aromatic rings. The van der Waals surface area contributed by atoms with Gasteiger partial charge in [-0.15, -0.1) is 11.3 Å². The van der Waals surface area contributed by atoms with Crippen molar-refractivity contribution in [1.29, 1.82) is 0 Å². The summed E-state index contributed by atoms with van der Waals surface area (Å²) in [6.07, 6.45) is 5.16. The lowest BCUT2D eigenvalue weighted by Gasteiger charge is -2.08. The van der Waals surface area contributed by atoms with Gasteiger partial charge in [-0.3, -0.25) is 4.79 Å². The predicted molar refractivity (Wildman–Crippen MR) is 107 cm³/mol. The Bertz CT molecular complexity index is 779. The minimum Gasteiger partial charge on any atom is -0.335 e. The Kier molecular flexibility index (Phi) is 5.93. The fourth-order valence-corrected chi connectivity index (χ4v) is 3.98. The first-order chi connectivity index (χ1) is 12.6. The molecule has 1 aromatic heterocycles. The van der Waals surface area contributed by atoms with Gasteiger partial charge in [0.25, 0.3) is 5.91 Å². The molecule has 0 unspecified atom stereocenters. The molecule has 1 heterocycles. The van der Waals surface area contributed by atoms with E-state index in [-0.39, 0.29) is 11.9 Å². The van der Waals surface area contributed by atoms with Crippen LogP contribution in [0.2, 0.25) is 0 Å². The van der Waals surface area contributed by atoms with Crippen LogP contribution in [-0.4, -0.2) is 18.0 Å². The molecule has 0 bridgehead atoms. The van der Waals surface area contributed by atoms with Gasteiger partial charge in [0.15, 0.2) is 0 Å². The first kappa shape index (κ1) is 18.5. The maximum Gasteiger partial charge on any atom is 0.319 e. The fourth-order valence-electron chi connectivity index (χ4n) is 2.73. The number of carbonyl (C=O) groups excluding carboxylic acids is 2. The van der Waals surface area contributed by atoms with E-state index in [0.29, 0.717) is 17.4 Å². The number of urea groups is 1. The number of benzene rings is 1. The highest BCUT2D eigenvalue weighted by molar-refractivity contribution is 7.14. The molecule has 26 heavy (non-hydrogen) atoms. The minimum atomic E-state index is -0.182. The Morgan fingerprint density at radius 3 is 2.31 bits per heavy atom. The van der Waals surface area contributed by atoms with E-state index in [1.165, 1.54) is 10.4 Å². The number of amides is 3. The van der Waals surface area contributed by atoms with E-state index in [0.717, 1.165) is 37.0 Å². The highest BCUT2D eigenvalue weighted by atomic mass is 32.1. The van der Waals surface area contributed by atoms with Crippen molar-refractivity contribution in [1.82, 2.24) is 5.32 Å². The van der Waals surface area contributed by atoms with Gasteiger partial charge in [-0.25, -0.2) is 4.79 Å². The number of rotatable bonds is 7. The molecule has 3 rings (SSSR count). The molecule has 0 atom stereocenters. The lowest BCUT2D eigenvalue weighted by atomic mass is 10.1. The molecule has 1 fully saturated rings. The minimum absolute atomic E-state index is 0.0840. The smallest absolute Gasteiger partial charge is 0.319 e. The number of nitrogens with one attached hydrogen (secondary N) is 3. The van der Waals surface area contributed by atoms with Crippen molar-refractivity contribution in [2.45, 2.75) is 52.0 Å². The van der Waals surface area contributed by atoms with Crippen molar-refractivity contribution in [2.24, 2.45) is 0 Å². The van der Waals surface area contributed by atoms with Crippen LogP contribution >= 0.6 is 11.3 Å². The quantitative estimate of drug-likeness (QED) is 0.654. The lowest BCUT2D eigenvalue weighted by Crippen LogP contribution is -2.30. The number of carbonyl (C=O) groups is 2. The molecule has 0 spiro atoms. The van der Waals surface area contributed by atoms with E-state index in [9.17, 15) is 9.59 Å². The summed E-state index contributed by atoms with van der Waals surface area (Å²) in [5, 5.41) is 8.60. The van der Waals surface area contributed by atoms with E-state index in [1.807, 2.05) is 6.07 Å². The second-order valence-electron chi connectivity index (χ2n) is 6.57. The summed E-state index contributed by atoms with van der Waals surface area (Å²) < 4.78 is 0. The summed E-state index contributed by atoms with van der Waals surface area (Å²) in [6, 6.07) is 9.32. The van der Waals surface area contributed by atoms with Gasteiger partial charge in [-0.05, 0) is 61.6 Å². The molecule has 3 N–H and O–H groups in total. The maximum absolute atomic E-state index is 12.5. The van der Waals surface area contributed by atoms with Crippen LogP contribution < -0.4 is 16.0 Å². The first-order valence-electron chi connectivity index (χ1n) is 9.19. The third kappa shape index (κ3) is 4.85. The molecule has 0 aliphatic heterocycles. The largest absolute Gasteiger partial charge is 0.335 e. The fraction of sp³-hybridized carbons (Fsp3) is 0.400. The van der Waals surface area contributed by atoms with Gasteiger partial charge >= 0.3 is 6.03 Å². The van der Waals surface area contributed by atoms with Crippen LogP contribution in [0.4, 0.5) is 16.2 Å². The summed E-state index contributed by atoms with van der Waals surface area (Å²) in [7, 11) is 0. The summed E-state index contributed by atoms with van der Waals surface area (Å²) in [4.78, 5) is 26.3. The first-order valence-corrected chi connectivity index (χ1v) is 10.0. The molecular formula is C20H25N3O2S. The van der Waals surface area contributed by atoms with Crippen LogP contribution in [0.3, 0.4) is 0 Å². The second-order valence-corrected chi connectivity index (χ2v) is 7.70. The van der Waals surface area contributed by atoms with Gasteiger partial charge in [-0.2, -0.15) is 0 Å². The van der Waals surface area contributed by atoms with Crippen molar-refractivity contribution < 1.29 is 9.59 Å². The normalized spacial score (nSPS) is 13.3. The number of hydrogen-bond donors (Lipinski definition) is 3. The van der Waals surface area contributed by atoms with Crippen LogP contribution in [0.25, 0.3) is 0 Å². The van der Waals surface area contributed by atoms with Gasteiger partial charge in [0, 0.05) is 22.3 Å². The third-order valence-corrected chi connectivity index (χ3v) is 5.53. The molecule has 5 nitrogen and oxygen atoms in total. The molecule has 3 amide bonds. The number of thiophene rings is 1. The van der Waals surface area contributed by atoms with E-state index in [1.54, 1.807) is 35.6 Å². The Hall–Kier alpha value is -2.34. The summed E-state index contributed by atoms with van der Waals surface area (Å²) >= 11 is 1.58. The second kappa shape index (κ2) is 8.36. The van der Waals surface area contributed by atoms with E-state index in [4.69, 9.17) is 0 Å². The van der Waals surface area contributed by atoms with Crippen LogP contribution in [0, 0.1) is 0 Å². The zero-order valence-electron chi connectivity index (χ0n) is 15.2.